The van der Waals surface area contributed by atoms with E-state index in [9.17, 15) is 0 Å². The van der Waals surface area contributed by atoms with Crippen molar-refractivity contribution in [1.29, 1.82) is 0 Å². The second-order valence-electron chi connectivity index (χ2n) is 3.17. The fourth-order valence-electron chi connectivity index (χ4n) is 1.84. The van der Waals surface area contributed by atoms with Gasteiger partial charge in [0.15, 0.2) is 0 Å². The first-order chi connectivity index (χ1) is 5.38. The molecule has 1 saturated carbocycles. The van der Waals surface area contributed by atoms with Crippen molar-refractivity contribution in [2.75, 3.05) is 13.7 Å². The highest BCUT2D eigenvalue weighted by Crippen LogP contribution is 2.20. The van der Waals surface area contributed by atoms with Crippen molar-refractivity contribution in [3.63, 3.8) is 0 Å². The van der Waals surface area contributed by atoms with Crippen molar-refractivity contribution in [2.45, 2.75) is 44.8 Å². The first-order valence-corrected chi connectivity index (χ1v) is 4.67. The van der Waals surface area contributed by atoms with E-state index in [0.717, 1.165) is 6.61 Å². The van der Waals surface area contributed by atoms with Gasteiger partial charge in [0, 0.05) is 12.6 Å². The van der Waals surface area contributed by atoms with Crippen LogP contribution in [0.5, 0.6) is 0 Å². The quantitative estimate of drug-likeness (QED) is 0.671. The first-order valence-electron chi connectivity index (χ1n) is 4.67. The summed E-state index contributed by atoms with van der Waals surface area (Å²) in [6.45, 7) is 2.92. The lowest BCUT2D eigenvalue weighted by atomic mass is 9.92. The van der Waals surface area contributed by atoms with E-state index in [0.29, 0.717) is 12.1 Å². The molecule has 0 amide bonds. The minimum Gasteiger partial charge on any atom is -0.377 e. The Morgan fingerprint density at radius 1 is 1.36 bits per heavy atom. The van der Waals surface area contributed by atoms with E-state index in [-0.39, 0.29) is 0 Å². The minimum atomic E-state index is 0.471. The molecule has 0 aromatic carbocycles. The van der Waals surface area contributed by atoms with E-state index in [2.05, 4.69) is 12.2 Å². The standard InChI is InChI=1S/C9H19NO/c1-3-11-9-7-5-4-6-8(9)10-2/h8-10H,3-7H2,1-2H3/t8-,9-/m1/s1. The molecule has 0 unspecified atom stereocenters. The first kappa shape index (κ1) is 9.01. The summed E-state index contributed by atoms with van der Waals surface area (Å²) >= 11 is 0. The molecule has 1 aliphatic carbocycles. The third kappa shape index (κ3) is 2.46. The summed E-state index contributed by atoms with van der Waals surface area (Å²) in [7, 11) is 2.03. The predicted molar refractivity (Wildman–Crippen MR) is 46.7 cm³/mol. The molecule has 0 bridgehead atoms. The Hall–Kier alpha value is -0.0800. The molecule has 0 saturated heterocycles. The fourth-order valence-corrected chi connectivity index (χ4v) is 1.84. The van der Waals surface area contributed by atoms with Crippen molar-refractivity contribution < 1.29 is 4.74 Å². The Kier molecular flexibility index (Phi) is 3.87. The molecule has 0 spiro atoms. The molecular weight excluding hydrogens is 138 g/mol. The van der Waals surface area contributed by atoms with Gasteiger partial charge in [-0.2, -0.15) is 0 Å². The average Bonchev–Trinajstić information content (AvgIpc) is 2.06. The van der Waals surface area contributed by atoms with Gasteiger partial charge in [0.2, 0.25) is 0 Å². The van der Waals surface area contributed by atoms with Crippen molar-refractivity contribution >= 4 is 0 Å². The van der Waals surface area contributed by atoms with Gasteiger partial charge in [0.05, 0.1) is 6.10 Å². The van der Waals surface area contributed by atoms with Gasteiger partial charge in [-0.25, -0.2) is 0 Å². The molecular formula is C9H19NO. The van der Waals surface area contributed by atoms with Gasteiger partial charge in [-0.15, -0.1) is 0 Å². The van der Waals surface area contributed by atoms with Crippen LogP contribution in [-0.4, -0.2) is 25.8 Å². The van der Waals surface area contributed by atoms with Crippen LogP contribution in [0.4, 0.5) is 0 Å². The molecule has 66 valence electrons. The zero-order valence-electron chi connectivity index (χ0n) is 7.60. The van der Waals surface area contributed by atoms with E-state index in [1.54, 1.807) is 0 Å². The molecule has 2 atom stereocenters. The summed E-state index contributed by atoms with van der Waals surface area (Å²) in [5.41, 5.74) is 0. The Morgan fingerprint density at radius 2 is 2.09 bits per heavy atom. The molecule has 0 radical (unpaired) electrons. The number of hydrogen-bond acceptors (Lipinski definition) is 2. The molecule has 0 aromatic rings. The van der Waals surface area contributed by atoms with Crippen LogP contribution in [0.1, 0.15) is 32.6 Å². The lowest BCUT2D eigenvalue weighted by molar-refractivity contribution is 0.0144. The second-order valence-corrected chi connectivity index (χ2v) is 3.17. The van der Waals surface area contributed by atoms with Gasteiger partial charge < -0.3 is 10.1 Å². The summed E-state index contributed by atoms with van der Waals surface area (Å²) in [5.74, 6) is 0. The van der Waals surface area contributed by atoms with Crippen molar-refractivity contribution in [2.24, 2.45) is 0 Å². The number of ether oxygens (including phenoxy) is 1. The van der Waals surface area contributed by atoms with Gasteiger partial charge >= 0.3 is 0 Å². The molecule has 1 fully saturated rings. The van der Waals surface area contributed by atoms with E-state index < -0.39 is 0 Å². The molecule has 1 rings (SSSR count). The summed E-state index contributed by atoms with van der Waals surface area (Å²) in [5, 5.41) is 3.31. The fraction of sp³-hybridized carbons (Fsp3) is 1.00. The number of likely N-dealkylation sites (N-methyl/N-ethyl adjacent to an activating group) is 1. The maximum absolute atomic E-state index is 5.62. The molecule has 11 heavy (non-hydrogen) atoms. The molecule has 0 aliphatic heterocycles. The van der Waals surface area contributed by atoms with Crippen molar-refractivity contribution in [1.82, 2.24) is 5.32 Å². The summed E-state index contributed by atoms with van der Waals surface area (Å²) in [6.07, 6.45) is 5.68. The lowest BCUT2D eigenvalue weighted by Crippen LogP contribution is -2.41. The normalized spacial score (nSPS) is 32.2. The topological polar surface area (TPSA) is 21.3 Å². The van der Waals surface area contributed by atoms with E-state index in [1.165, 1.54) is 25.7 Å². The minimum absolute atomic E-state index is 0.471. The van der Waals surface area contributed by atoms with E-state index in [1.807, 2.05) is 7.05 Å². The second kappa shape index (κ2) is 4.73. The maximum atomic E-state index is 5.62. The van der Waals surface area contributed by atoms with Crippen LogP contribution in [0.25, 0.3) is 0 Å². The number of rotatable bonds is 3. The number of hydrogen-bond donors (Lipinski definition) is 1. The van der Waals surface area contributed by atoms with E-state index >= 15 is 0 Å². The highest BCUT2D eigenvalue weighted by Gasteiger charge is 2.23. The molecule has 1 aliphatic rings. The highest BCUT2D eigenvalue weighted by atomic mass is 16.5. The Morgan fingerprint density at radius 3 is 2.73 bits per heavy atom. The van der Waals surface area contributed by atoms with Crippen LogP contribution in [0.15, 0.2) is 0 Å². The SMILES string of the molecule is CCO[C@@H]1CCCC[C@H]1NC. The third-order valence-electron chi connectivity index (χ3n) is 2.45. The molecule has 2 nitrogen and oxygen atoms in total. The molecule has 2 heteroatoms. The lowest BCUT2D eigenvalue weighted by Gasteiger charge is -2.30. The van der Waals surface area contributed by atoms with Crippen LogP contribution in [0.3, 0.4) is 0 Å². The van der Waals surface area contributed by atoms with Gasteiger partial charge in [-0.1, -0.05) is 12.8 Å². The van der Waals surface area contributed by atoms with Gasteiger partial charge in [-0.3, -0.25) is 0 Å². The third-order valence-corrected chi connectivity index (χ3v) is 2.45. The number of nitrogens with one attached hydrogen (secondary N) is 1. The van der Waals surface area contributed by atoms with E-state index in [4.69, 9.17) is 4.74 Å². The van der Waals surface area contributed by atoms with Gasteiger partial charge in [0.25, 0.3) is 0 Å². The Bertz CT molecular complexity index is 104. The summed E-state index contributed by atoms with van der Waals surface area (Å²) in [6, 6.07) is 0.601. The Labute approximate surface area is 69.3 Å². The van der Waals surface area contributed by atoms with Crippen molar-refractivity contribution in [3.8, 4) is 0 Å². The average molecular weight is 157 g/mol. The van der Waals surface area contributed by atoms with Crippen LogP contribution in [0.2, 0.25) is 0 Å². The van der Waals surface area contributed by atoms with Crippen LogP contribution in [0, 0.1) is 0 Å². The van der Waals surface area contributed by atoms with Gasteiger partial charge in [0.1, 0.15) is 0 Å². The zero-order valence-corrected chi connectivity index (χ0v) is 7.60. The zero-order chi connectivity index (χ0) is 8.10. The Balaban J connectivity index is 2.31. The maximum Gasteiger partial charge on any atom is 0.0727 e. The highest BCUT2D eigenvalue weighted by molar-refractivity contribution is 4.80. The monoisotopic (exact) mass is 157 g/mol. The van der Waals surface area contributed by atoms with Crippen LogP contribution in [-0.2, 0) is 4.74 Å². The molecule has 0 heterocycles. The van der Waals surface area contributed by atoms with Crippen molar-refractivity contribution in [3.05, 3.63) is 0 Å². The van der Waals surface area contributed by atoms with Crippen LogP contribution >= 0.6 is 0 Å². The summed E-state index contributed by atoms with van der Waals surface area (Å²) in [4.78, 5) is 0. The van der Waals surface area contributed by atoms with Gasteiger partial charge in [-0.05, 0) is 26.8 Å². The van der Waals surface area contributed by atoms with Crippen LogP contribution < -0.4 is 5.32 Å². The smallest absolute Gasteiger partial charge is 0.0727 e. The summed E-state index contributed by atoms with van der Waals surface area (Å²) < 4.78 is 5.62. The largest absolute Gasteiger partial charge is 0.377 e. The molecule has 0 aromatic heterocycles. The predicted octanol–water partition coefficient (Wildman–Crippen LogP) is 1.55. The molecule has 1 N–H and O–H groups in total.